The van der Waals surface area contributed by atoms with E-state index in [2.05, 4.69) is 21.7 Å². The van der Waals surface area contributed by atoms with Crippen molar-refractivity contribution in [3.05, 3.63) is 18.2 Å². The summed E-state index contributed by atoms with van der Waals surface area (Å²) in [5.41, 5.74) is 0.978. The molecule has 3 rings (SSSR count). The molecule has 2 N–H and O–H groups in total. The number of piperidine rings is 1. The molecule has 0 amide bonds. The SMILES string of the molecule is CCOc1cccc2sc(NC3CCNCC3)nc12. The van der Waals surface area contributed by atoms with Crippen molar-refractivity contribution >= 4 is 26.7 Å². The fourth-order valence-electron chi connectivity index (χ4n) is 2.40. The van der Waals surface area contributed by atoms with Gasteiger partial charge in [-0.1, -0.05) is 17.4 Å². The zero-order valence-corrected chi connectivity index (χ0v) is 11.9. The third kappa shape index (κ3) is 2.82. The lowest BCUT2D eigenvalue weighted by Gasteiger charge is -2.23. The highest BCUT2D eigenvalue weighted by atomic mass is 32.1. The number of nitrogens with zero attached hydrogens (tertiary/aromatic N) is 1. The number of nitrogens with one attached hydrogen (secondary N) is 2. The predicted molar refractivity (Wildman–Crippen MR) is 80.3 cm³/mol. The molecule has 5 heteroatoms. The maximum Gasteiger partial charge on any atom is 0.184 e. The number of hydrogen-bond donors (Lipinski definition) is 2. The van der Waals surface area contributed by atoms with Gasteiger partial charge < -0.3 is 15.4 Å². The van der Waals surface area contributed by atoms with Gasteiger partial charge in [-0.15, -0.1) is 0 Å². The largest absolute Gasteiger partial charge is 0.492 e. The van der Waals surface area contributed by atoms with E-state index in [1.54, 1.807) is 11.3 Å². The minimum atomic E-state index is 0.539. The summed E-state index contributed by atoms with van der Waals surface area (Å²) in [6.07, 6.45) is 2.32. The van der Waals surface area contributed by atoms with Crippen LogP contribution in [-0.4, -0.2) is 30.7 Å². The Labute approximate surface area is 117 Å². The number of hydrogen-bond acceptors (Lipinski definition) is 5. The van der Waals surface area contributed by atoms with Crippen LogP contribution in [-0.2, 0) is 0 Å². The fourth-order valence-corrected chi connectivity index (χ4v) is 3.36. The zero-order chi connectivity index (χ0) is 13.1. The molecule has 1 aliphatic rings. The normalized spacial score (nSPS) is 16.7. The van der Waals surface area contributed by atoms with E-state index in [0.29, 0.717) is 12.6 Å². The standard InChI is InChI=1S/C14H19N3OS/c1-2-18-11-4-3-5-12-13(11)17-14(19-12)16-10-6-8-15-9-7-10/h3-5,10,15H,2,6-9H2,1H3,(H,16,17). The summed E-state index contributed by atoms with van der Waals surface area (Å²) in [4.78, 5) is 4.69. The quantitative estimate of drug-likeness (QED) is 0.902. The van der Waals surface area contributed by atoms with Crippen molar-refractivity contribution < 1.29 is 4.74 Å². The van der Waals surface area contributed by atoms with Gasteiger partial charge in [-0.3, -0.25) is 0 Å². The summed E-state index contributed by atoms with van der Waals surface area (Å²) in [7, 11) is 0. The van der Waals surface area contributed by atoms with Gasteiger partial charge in [-0.25, -0.2) is 4.98 Å². The summed E-state index contributed by atoms with van der Waals surface area (Å²) in [6.45, 7) is 4.85. The summed E-state index contributed by atoms with van der Waals surface area (Å²) in [5.74, 6) is 0.884. The summed E-state index contributed by atoms with van der Waals surface area (Å²) >= 11 is 1.71. The molecule has 0 saturated carbocycles. The minimum absolute atomic E-state index is 0.539. The Morgan fingerprint density at radius 1 is 1.42 bits per heavy atom. The van der Waals surface area contributed by atoms with Gasteiger partial charge in [0, 0.05) is 6.04 Å². The maximum absolute atomic E-state index is 5.63. The molecule has 4 nitrogen and oxygen atoms in total. The van der Waals surface area contributed by atoms with Gasteiger partial charge in [0.25, 0.3) is 0 Å². The first kappa shape index (κ1) is 12.7. The van der Waals surface area contributed by atoms with E-state index in [1.165, 1.54) is 4.70 Å². The predicted octanol–water partition coefficient (Wildman–Crippen LogP) is 2.86. The highest BCUT2D eigenvalue weighted by Crippen LogP contribution is 2.32. The second-order valence-electron chi connectivity index (χ2n) is 4.72. The Hall–Kier alpha value is -1.33. The molecule has 1 aliphatic heterocycles. The van der Waals surface area contributed by atoms with Crippen molar-refractivity contribution in [2.45, 2.75) is 25.8 Å². The van der Waals surface area contributed by atoms with Crippen LogP contribution in [0.2, 0.25) is 0 Å². The number of aromatic nitrogens is 1. The van der Waals surface area contributed by atoms with Gasteiger partial charge in [-0.2, -0.15) is 0 Å². The number of benzene rings is 1. The van der Waals surface area contributed by atoms with Gasteiger partial charge in [0.1, 0.15) is 11.3 Å². The maximum atomic E-state index is 5.63. The van der Waals surface area contributed by atoms with E-state index in [4.69, 9.17) is 4.74 Å². The lowest BCUT2D eigenvalue weighted by Crippen LogP contribution is -2.35. The van der Waals surface area contributed by atoms with Crippen molar-refractivity contribution in [2.24, 2.45) is 0 Å². The first-order valence-corrected chi connectivity index (χ1v) is 7.68. The van der Waals surface area contributed by atoms with Crippen LogP contribution in [0.25, 0.3) is 10.2 Å². The molecule has 0 spiro atoms. The van der Waals surface area contributed by atoms with Gasteiger partial charge in [-0.05, 0) is 45.0 Å². The van der Waals surface area contributed by atoms with Crippen molar-refractivity contribution in [1.29, 1.82) is 0 Å². The molecule has 0 bridgehead atoms. The Morgan fingerprint density at radius 3 is 3.05 bits per heavy atom. The first-order valence-electron chi connectivity index (χ1n) is 6.86. The fraction of sp³-hybridized carbons (Fsp3) is 0.500. The topological polar surface area (TPSA) is 46.2 Å². The van der Waals surface area contributed by atoms with Crippen LogP contribution < -0.4 is 15.4 Å². The number of thiazole rings is 1. The third-order valence-electron chi connectivity index (χ3n) is 3.35. The Morgan fingerprint density at radius 2 is 2.26 bits per heavy atom. The summed E-state index contributed by atoms with van der Waals surface area (Å²) in [5, 5.41) is 7.94. The molecule has 0 aliphatic carbocycles. The smallest absolute Gasteiger partial charge is 0.184 e. The van der Waals surface area contributed by atoms with E-state index >= 15 is 0 Å². The molecule has 0 radical (unpaired) electrons. The molecule has 1 aromatic heterocycles. The van der Waals surface area contributed by atoms with Crippen molar-refractivity contribution in [3.63, 3.8) is 0 Å². The van der Waals surface area contributed by atoms with E-state index in [0.717, 1.165) is 42.3 Å². The average Bonchev–Trinajstić information content (AvgIpc) is 2.84. The number of rotatable bonds is 4. The Balaban J connectivity index is 1.82. The molecule has 19 heavy (non-hydrogen) atoms. The van der Waals surface area contributed by atoms with Crippen molar-refractivity contribution in [1.82, 2.24) is 10.3 Å². The molecular weight excluding hydrogens is 258 g/mol. The van der Waals surface area contributed by atoms with Gasteiger partial charge in [0.2, 0.25) is 0 Å². The number of fused-ring (bicyclic) bond motifs is 1. The van der Waals surface area contributed by atoms with E-state index in [9.17, 15) is 0 Å². The van der Waals surface area contributed by atoms with Crippen LogP contribution in [0.1, 0.15) is 19.8 Å². The van der Waals surface area contributed by atoms with E-state index in [1.807, 2.05) is 19.1 Å². The summed E-state index contributed by atoms with van der Waals surface area (Å²) < 4.78 is 6.81. The number of anilines is 1. The van der Waals surface area contributed by atoms with Gasteiger partial charge >= 0.3 is 0 Å². The molecule has 0 unspecified atom stereocenters. The van der Waals surface area contributed by atoms with E-state index < -0.39 is 0 Å². The highest BCUT2D eigenvalue weighted by Gasteiger charge is 2.15. The van der Waals surface area contributed by atoms with Crippen LogP contribution in [0, 0.1) is 0 Å². The third-order valence-corrected chi connectivity index (χ3v) is 4.30. The second-order valence-corrected chi connectivity index (χ2v) is 5.75. The number of ether oxygens (including phenoxy) is 1. The Bertz CT molecular complexity index is 549. The highest BCUT2D eigenvalue weighted by molar-refractivity contribution is 7.22. The summed E-state index contributed by atoms with van der Waals surface area (Å²) in [6, 6.07) is 6.65. The monoisotopic (exact) mass is 277 g/mol. The molecule has 2 aromatic rings. The molecule has 1 aromatic carbocycles. The van der Waals surface area contributed by atoms with Crippen LogP contribution >= 0.6 is 11.3 Å². The van der Waals surface area contributed by atoms with Gasteiger partial charge in [0.05, 0.1) is 11.3 Å². The molecular formula is C14H19N3OS. The average molecular weight is 277 g/mol. The van der Waals surface area contributed by atoms with Crippen LogP contribution in [0.5, 0.6) is 5.75 Å². The van der Waals surface area contributed by atoms with Crippen LogP contribution in [0.15, 0.2) is 18.2 Å². The van der Waals surface area contributed by atoms with Crippen LogP contribution in [0.3, 0.4) is 0 Å². The second kappa shape index (κ2) is 5.75. The van der Waals surface area contributed by atoms with Crippen molar-refractivity contribution in [3.8, 4) is 5.75 Å². The number of para-hydroxylation sites is 1. The molecule has 1 fully saturated rings. The lowest BCUT2D eigenvalue weighted by molar-refractivity contribution is 0.344. The van der Waals surface area contributed by atoms with Crippen LogP contribution in [0.4, 0.5) is 5.13 Å². The molecule has 1 saturated heterocycles. The van der Waals surface area contributed by atoms with Crippen molar-refractivity contribution in [2.75, 3.05) is 25.0 Å². The van der Waals surface area contributed by atoms with E-state index in [-0.39, 0.29) is 0 Å². The molecule has 0 atom stereocenters. The lowest BCUT2D eigenvalue weighted by atomic mass is 10.1. The van der Waals surface area contributed by atoms with Gasteiger partial charge in [0.15, 0.2) is 5.13 Å². The zero-order valence-electron chi connectivity index (χ0n) is 11.1. The molecule has 2 heterocycles. The first-order chi connectivity index (χ1) is 9.36. The Kier molecular flexibility index (Phi) is 3.84. The molecule has 102 valence electrons. The minimum Gasteiger partial charge on any atom is -0.492 e.